The molecule has 3 saturated heterocycles. The van der Waals surface area contributed by atoms with Crippen molar-refractivity contribution in [2.24, 2.45) is 5.41 Å². The fraction of sp³-hybridized carbons (Fsp3) is 0.667. The summed E-state index contributed by atoms with van der Waals surface area (Å²) in [6.45, 7) is 11.8. The van der Waals surface area contributed by atoms with Crippen LogP contribution in [0.15, 0.2) is 16.9 Å². The number of amides is 1. The highest BCUT2D eigenvalue weighted by molar-refractivity contribution is 6.42. The van der Waals surface area contributed by atoms with Crippen molar-refractivity contribution in [2.45, 2.75) is 51.8 Å². The molecule has 0 radical (unpaired) electrons. The molecule has 0 unspecified atom stereocenters. The van der Waals surface area contributed by atoms with E-state index in [4.69, 9.17) is 32.7 Å². The number of likely N-dealkylation sites (tertiary alicyclic amines) is 2. The van der Waals surface area contributed by atoms with Crippen LogP contribution in [0.2, 0.25) is 10.0 Å². The van der Waals surface area contributed by atoms with Crippen molar-refractivity contribution in [1.82, 2.24) is 18.9 Å². The third kappa shape index (κ3) is 4.45. The molecule has 10 heteroatoms. The molecule has 3 aliphatic rings. The Kier molecular flexibility index (Phi) is 6.16. The topological polar surface area (TPSA) is 68.9 Å². The fourth-order valence-electron chi connectivity index (χ4n) is 5.35. The first kappa shape index (κ1) is 24.0. The monoisotopic (exact) mass is 510 g/mol. The summed E-state index contributed by atoms with van der Waals surface area (Å²) in [6.07, 6.45) is 1.04. The van der Waals surface area contributed by atoms with Crippen LogP contribution >= 0.6 is 23.2 Å². The number of hydrogen-bond acceptors (Lipinski definition) is 5. The third-order valence-corrected chi connectivity index (χ3v) is 7.78. The van der Waals surface area contributed by atoms with Crippen molar-refractivity contribution in [3.8, 4) is 0 Å². The summed E-state index contributed by atoms with van der Waals surface area (Å²) >= 11 is 12.7. The molecule has 0 aliphatic carbocycles. The smallest absolute Gasteiger partial charge is 0.410 e. The Labute approximate surface area is 209 Å². The molecule has 34 heavy (non-hydrogen) atoms. The van der Waals surface area contributed by atoms with Gasteiger partial charge in [-0.2, -0.15) is 0 Å². The van der Waals surface area contributed by atoms with Gasteiger partial charge in [-0.05, 0) is 45.7 Å². The lowest BCUT2D eigenvalue weighted by Crippen LogP contribution is -2.66. The van der Waals surface area contributed by atoms with Gasteiger partial charge < -0.3 is 19.3 Å². The minimum absolute atomic E-state index is 0.0217. The highest BCUT2D eigenvalue weighted by Gasteiger charge is 2.48. The second-order valence-electron chi connectivity index (χ2n) is 11.0. The average molecular weight is 511 g/mol. The highest BCUT2D eigenvalue weighted by atomic mass is 35.5. The summed E-state index contributed by atoms with van der Waals surface area (Å²) in [7, 11) is 0. The van der Waals surface area contributed by atoms with Crippen LogP contribution in [0.4, 0.5) is 4.79 Å². The van der Waals surface area contributed by atoms with Crippen molar-refractivity contribution < 1.29 is 14.3 Å². The number of halogens is 2. The van der Waals surface area contributed by atoms with Crippen LogP contribution in [0.25, 0.3) is 11.0 Å². The molecule has 2 aromatic rings. The number of nitrogens with zero attached hydrogens (tertiary/aromatic N) is 4. The second-order valence-corrected chi connectivity index (χ2v) is 11.8. The van der Waals surface area contributed by atoms with E-state index in [2.05, 4.69) is 4.90 Å². The molecule has 1 aromatic carbocycles. The third-order valence-electron chi connectivity index (χ3n) is 7.06. The van der Waals surface area contributed by atoms with Crippen LogP contribution in [-0.4, -0.2) is 76.6 Å². The number of benzene rings is 1. The van der Waals surface area contributed by atoms with Gasteiger partial charge >= 0.3 is 11.8 Å². The maximum Gasteiger partial charge on any atom is 0.410 e. The zero-order chi connectivity index (χ0) is 24.3. The van der Waals surface area contributed by atoms with Gasteiger partial charge in [-0.25, -0.2) is 9.59 Å². The number of hydrogen-bond donors (Lipinski definition) is 0. The van der Waals surface area contributed by atoms with Gasteiger partial charge in [-0.15, -0.1) is 0 Å². The Morgan fingerprint density at radius 1 is 1.09 bits per heavy atom. The molecule has 1 spiro atoms. The van der Waals surface area contributed by atoms with Gasteiger partial charge in [0.05, 0.1) is 34.3 Å². The first-order valence-electron chi connectivity index (χ1n) is 11.9. The predicted octanol–water partition coefficient (Wildman–Crippen LogP) is 4.01. The lowest BCUT2D eigenvalue weighted by atomic mass is 9.78. The van der Waals surface area contributed by atoms with Gasteiger partial charge in [0, 0.05) is 50.7 Å². The lowest BCUT2D eigenvalue weighted by Gasteiger charge is -2.55. The maximum absolute atomic E-state index is 13.6. The van der Waals surface area contributed by atoms with E-state index >= 15 is 0 Å². The molecule has 8 nitrogen and oxygen atoms in total. The molecular formula is C24H32Cl2N4O4. The van der Waals surface area contributed by atoms with Crippen molar-refractivity contribution >= 4 is 40.3 Å². The number of ether oxygens (including phenoxy) is 2. The largest absolute Gasteiger partial charge is 0.444 e. The van der Waals surface area contributed by atoms with Gasteiger partial charge in [0.1, 0.15) is 5.60 Å². The minimum Gasteiger partial charge on any atom is -0.444 e. The first-order chi connectivity index (χ1) is 16.1. The molecule has 0 saturated carbocycles. The molecule has 0 atom stereocenters. The van der Waals surface area contributed by atoms with E-state index in [1.807, 2.05) is 29.9 Å². The van der Waals surface area contributed by atoms with Gasteiger partial charge in [0.2, 0.25) is 0 Å². The normalized spacial score (nSPS) is 21.0. The maximum atomic E-state index is 13.6. The molecule has 1 aromatic heterocycles. The van der Waals surface area contributed by atoms with E-state index < -0.39 is 5.60 Å². The molecule has 3 aliphatic heterocycles. The number of aromatic nitrogens is 2. The SMILES string of the molecule is CC(C)(C)OC(=O)N1CCC(n2c(=O)n(CCN3CC4(COC4)C3)c3cc(Cl)c(Cl)cc32)CC1. The van der Waals surface area contributed by atoms with Gasteiger partial charge in [-0.1, -0.05) is 23.2 Å². The molecule has 5 rings (SSSR count). The summed E-state index contributed by atoms with van der Waals surface area (Å²) in [6, 6.07) is 3.57. The van der Waals surface area contributed by atoms with Crippen molar-refractivity contribution in [1.29, 1.82) is 0 Å². The van der Waals surface area contributed by atoms with Crippen LogP contribution in [0.3, 0.4) is 0 Å². The van der Waals surface area contributed by atoms with Gasteiger partial charge in [0.25, 0.3) is 0 Å². The van der Waals surface area contributed by atoms with E-state index in [1.54, 1.807) is 17.0 Å². The summed E-state index contributed by atoms with van der Waals surface area (Å²) in [5.41, 5.74) is 1.36. The Morgan fingerprint density at radius 3 is 2.26 bits per heavy atom. The van der Waals surface area contributed by atoms with Crippen molar-refractivity contribution in [3.63, 3.8) is 0 Å². The molecule has 0 bridgehead atoms. The summed E-state index contributed by atoms with van der Waals surface area (Å²) < 4.78 is 14.5. The average Bonchev–Trinajstić information content (AvgIpc) is 2.95. The fourth-order valence-corrected chi connectivity index (χ4v) is 5.66. The molecule has 0 N–H and O–H groups in total. The zero-order valence-corrected chi connectivity index (χ0v) is 21.5. The first-order valence-corrected chi connectivity index (χ1v) is 12.7. The van der Waals surface area contributed by atoms with Gasteiger partial charge in [-0.3, -0.25) is 9.13 Å². The highest BCUT2D eigenvalue weighted by Crippen LogP contribution is 2.37. The van der Waals surface area contributed by atoms with E-state index in [-0.39, 0.29) is 17.8 Å². The van der Waals surface area contributed by atoms with Gasteiger partial charge in [0.15, 0.2) is 0 Å². The molecule has 3 fully saturated rings. The number of rotatable bonds is 4. The number of carbonyl (C=O) groups is 1. The van der Waals surface area contributed by atoms with E-state index in [9.17, 15) is 9.59 Å². The lowest BCUT2D eigenvalue weighted by molar-refractivity contribution is -0.189. The molecular weight excluding hydrogens is 479 g/mol. The standard InChI is InChI=1S/C24H32Cl2N4O4/c1-23(2,3)34-22(32)28-6-4-16(5-7-28)30-20-11-18(26)17(25)10-19(20)29(21(30)31)9-8-27-12-24(13-27)14-33-15-24/h10-11,16H,4-9,12-15H2,1-3H3. The quantitative estimate of drug-likeness (QED) is 0.621. The molecule has 186 valence electrons. The summed E-state index contributed by atoms with van der Waals surface area (Å²) in [5.74, 6) is 0. The number of carbonyl (C=O) groups excluding carboxylic acids is 1. The number of piperidine rings is 1. The number of imidazole rings is 1. The Hall–Kier alpha value is -1.74. The molecule has 1 amide bonds. The van der Waals surface area contributed by atoms with E-state index in [0.29, 0.717) is 47.9 Å². The zero-order valence-electron chi connectivity index (χ0n) is 20.0. The predicted molar refractivity (Wildman–Crippen MR) is 132 cm³/mol. The van der Waals surface area contributed by atoms with E-state index in [0.717, 1.165) is 43.9 Å². The Balaban J connectivity index is 1.35. The second kappa shape index (κ2) is 8.73. The Bertz CT molecular complexity index is 1150. The molecule has 4 heterocycles. The minimum atomic E-state index is -0.532. The summed E-state index contributed by atoms with van der Waals surface area (Å²) in [5, 5.41) is 0.871. The van der Waals surface area contributed by atoms with Crippen LogP contribution < -0.4 is 5.69 Å². The van der Waals surface area contributed by atoms with Crippen molar-refractivity contribution in [2.75, 3.05) is 45.9 Å². The van der Waals surface area contributed by atoms with Crippen molar-refractivity contribution in [3.05, 3.63) is 32.7 Å². The summed E-state index contributed by atoms with van der Waals surface area (Å²) in [4.78, 5) is 30.2. The Morgan fingerprint density at radius 2 is 1.71 bits per heavy atom. The number of fused-ring (bicyclic) bond motifs is 1. The van der Waals surface area contributed by atoms with Crippen LogP contribution in [0.1, 0.15) is 39.7 Å². The van der Waals surface area contributed by atoms with Crippen LogP contribution in [-0.2, 0) is 16.0 Å². The van der Waals surface area contributed by atoms with Crippen LogP contribution in [0.5, 0.6) is 0 Å². The van der Waals surface area contributed by atoms with E-state index in [1.165, 1.54) is 0 Å². The van der Waals surface area contributed by atoms with Crippen LogP contribution in [0, 0.1) is 5.41 Å².